The third-order valence-corrected chi connectivity index (χ3v) is 5.34. The van der Waals surface area contributed by atoms with E-state index in [1.54, 1.807) is 4.90 Å². The summed E-state index contributed by atoms with van der Waals surface area (Å²) in [4.78, 5) is 18.6. The van der Waals surface area contributed by atoms with Gasteiger partial charge in [-0.3, -0.25) is 4.79 Å². The van der Waals surface area contributed by atoms with Gasteiger partial charge >= 0.3 is 6.18 Å². The number of nitrogens with zero attached hydrogens (tertiary/aromatic N) is 3. The molecule has 3 aromatic rings. The van der Waals surface area contributed by atoms with Crippen molar-refractivity contribution in [2.24, 2.45) is 0 Å². The summed E-state index contributed by atoms with van der Waals surface area (Å²) in [5.74, 6) is 0.563. The van der Waals surface area contributed by atoms with Gasteiger partial charge in [0.05, 0.1) is 5.56 Å². The Bertz CT molecular complexity index is 1020. The zero-order valence-electron chi connectivity index (χ0n) is 16.3. The van der Waals surface area contributed by atoms with Crippen molar-refractivity contribution in [3.8, 4) is 11.5 Å². The van der Waals surface area contributed by atoms with Crippen molar-refractivity contribution in [1.29, 1.82) is 0 Å². The smallest absolute Gasteiger partial charge is 0.341 e. The van der Waals surface area contributed by atoms with Crippen LogP contribution in [0.3, 0.4) is 0 Å². The lowest BCUT2D eigenvalue weighted by Gasteiger charge is -2.21. The molecule has 1 amide bonds. The van der Waals surface area contributed by atoms with Crippen LogP contribution in [0.5, 0.6) is 0 Å². The predicted octanol–water partition coefficient (Wildman–Crippen LogP) is 4.88. The number of likely N-dealkylation sites (tertiary alicyclic amines) is 1. The molecule has 1 aromatic heterocycles. The van der Waals surface area contributed by atoms with Crippen LogP contribution in [-0.2, 0) is 11.0 Å². The summed E-state index contributed by atoms with van der Waals surface area (Å²) >= 11 is 0. The number of hydrogen-bond acceptors (Lipinski definition) is 4. The third-order valence-electron chi connectivity index (χ3n) is 5.34. The fraction of sp³-hybridized carbons (Fsp3) is 0.318. The number of halogens is 3. The third kappa shape index (κ3) is 4.22. The number of rotatable bonds is 5. The molecule has 0 aliphatic carbocycles. The van der Waals surface area contributed by atoms with Gasteiger partial charge < -0.3 is 9.42 Å². The monoisotopic (exact) mass is 415 g/mol. The first kappa shape index (κ1) is 20.1. The normalized spacial score (nSPS) is 18.1. The zero-order chi connectivity index (χ0) is 21.3. The molecule has 1 aliphatic rings. The summed E-state index contributed by atoms with van der Waals surface area (Å²) < 4.78 is 43.4. The second kappa shape index (κ2) is 7.93. The number of carbonyl (C=O) groups is 1. The Labute approximate surface area is 171 Å². The fourth-order valence-electron chi connectivity index (χ4n) is 3.66. The molecule has 1 fully saturated rings. The SMILES string of the molecule is CC(CN1CC(c2noc(-c3ccc(C(F)(F)F)cc3)n2)CC1=O)c1ccccc1. The van der Waals surface area contributed by atoms with E-state index in [1.807, 2.05) is 30.3 Å². The Kier molecular flexibility index (Phi) is 5.32. The van der Waals surface area contributed by atoms with E-state index in [1.165, 1.54) is 12.1 Å². The maximum atomic E-state index is 12.7. The van der Waals surface area contributed by atoms with Crippen molar-refractivity contribution in [2.75, 3.05) is 13.1 Å². The van der Waals surface area contributed by atoms with E-state index < -0.39 is 11.7 Å². The van der Waals surface area contributed by atoms with Crippen LogP contribution in [0.2, 0.25) is 0 Å². The van der Waals surface area contributed by atoms with Gasteiger partial charge in [0.25, 0.3) is 5.89 Å². The lowest BCUT2D eigenvalue weighted by molar-refractivity contribution is -0.137. The Morgan fingerprint density at radius 2 is 1.83 bits per heavy atom. The van der Waals surface area contributed by atoms with E-state index in [4.69, 9.17) is 4.52 Å². The fourth-order valence-corrected chi connectivity index (χ4v) is 3.66. The van der Waals surface area contributed by atoms with Crippen LogP contribution in [0.15, 0.2) is 59.1 Å². The molecule has 2 atom stereocenters. The van der Waals surface area contributed by atoms with E-state index in [0.29, 0.717) is 24.5 Å². The summed E-state index contributed by atoms with van der Waals surface area (Å²) in [6, 6.07) is 14.5. The molecule has 2 heterocycles. The molecule has 1 saturated heterocycles. The van der Waals surface area contributed by atoms with Gasteiger partial charge in [-0.15, -0.1) is 0 Å². The number of aromatic nitrogens is 2. The molecule has 4 rings (SSSR count). The maximum Gasteiger partial charge on any atom is 0.416 e. The highest BCUT2D eigenvalue weighted by Gasteiger charge is 2.35. The number of hydrogen-bond donors (Lipinski definition) is 0. The Balaban J connectivity index is 1.43. The molecule has 0 N–H and O–H groups in total. The number of amides is 1. The molecule has 0 bridgehead atoms. The molecule has 30 heavy (non-hydrogen) atoms. The highest BCUT2D eigenvalue weighted by Crippen LogP contribution is 2.32. The number of benzene rings is 2. The Hall–Kier alpha value is -3.16. The van der Waals surface area contributed by atoms with Crippen LogP contribution in [0.4, 0.5) is 13.2 Å². The van der Waals surface area contributed by atoms with E-state index in [0.717, 1.165) is 17.7 Å². The van der Waals surface area contributed by atoms with Crippen LogP contribution in [0.25, 0.3) is 11.5 Å². The maximum absolute atomic E-state index is 12.7. The van der Waals surface area contributed by atoms with E-state index in [-0.39, 0.29) is 30.1 Å². The summed E-state index contributed by atoms with van der Waals surface area (Å²) in [7, 11) is 0. The topological polar surface area (TPSA) is 59.2 Å². The summed E-state index contributed by atoms with van der Waals surface area (Å²) in [6.07, 6.45) is -4.11. The minimum absolute atomic E-state index is 0.0312. The molecule has 5 nitrogen and oxygen atoms in total. The van der Waals surface area contributed by atoms with Crippen LogP contribution in [0, 0.1) is 0 Å². The van der Waals surface area contributed by atoms with Crippen LogP contribution >= 0.6 is 0 Å². The molecule has 0 radical (unpaired) electrons. The average molecular weight is 415 g/mol. The summed E-state index contributed by atoms with van der Waals surface area (Å²) in [6.45, 7) is 3.16. The van der Waals surface area contributed by atoms with Gasteiger partial charge in [-0.25, -0.2) is 0 Å². The molecule has 156 valence electrons. The highest BCUT2D eigenvalue weighted by atomic mass is 19.4. The lowest BCUT2D eigenvalue weighted by Crippen LogP contribution is -2.29. The number of alkyl halides is 3. The average Bonchev–Trinajstić information content (AvgIpc) is 3.35. The van der Waals surface area contributed by atoms with Gasteiger partial charge in [-0.2, -0.15) is 18.2 Å². The zero-order valence-corrected chi connectivity index (χ0v) is 16.3. The van der Waals surface area contributed by atoms with Gasteiger partial charge in [-0.05, 0) is 35.7 Å². The van der Waals surface area contributed by atoms with Crippen molar-refractivity contribution >= 4 is 5.91 Å². The number of carbonyl (C=O) groups excluding carboxylic acids is 1. The van der Waals surface area contributed by atoms with Gasteiger partial charge in [0.15, 0.2) is 5.82 Å². The van der Waals surface area contributed by atoms with E-state index in [9.17, 15) is 18.0 Å². The molecule has 2 unspecified atom stereocenters. The first-order valence-corrected chi connectivity index (χ1v) is 9.65. The lowest BCUT2D eigenvalue weighted by atomic mass is 10.0. The highest BCUT2D eigenvalue weighted by molar-refractivity contribution is 5.79. The summed E-state index contributed by atoms with van der Waals surface area (Å²) in [5, 5.41) is 3.96. The Morgan fingerprint density at radius 1 is 1.13 bits per heavy atom. The quantitative estimate of drug-likeness (QED) is 0.596. The van der Waals surface area contributed by atoms with Crippen molar-refractivity contribution < 1.29 is 22.5 Å². The molecule has 8 heteroatoms. The van der Waals surface area contributed by atoms with E-state index >= 15 is 0 Å². The first-order valence-electron chi connectivity index (χ1n) is 9.65. The second-order valence-electron chi connectivity index (χ2n) is 7.54. The van der Waals surface area contributed by atoms with Gasteiger partial charge in [0.2, 0.25) is 5.91 Å². The summed E-state index contributed by atoms with van der Waals surface area (Å²) in [5.41, 5.74) is 0.828. The molecular weight excluding hydrogens is 395 g/mol. The van der Waals surface area contributed by atoms with Crippen LogP contribution in [0.1, 0.15) is 42.1 Å². The molecule has 2 aromatic carbocycles. The van der Waals surface area contributed by atoms with Crippen molar-refractivity contribution in [3.05, 3.63) is 71.5 Å². The second-order valence-corrected chi connectivity index (χ2v) is 7.54. The molecule has 0 saturated carbocycles. The van der Waals surface area contributed by atoms with Crippen molar-refractivity contribution in [2.45, 2.75) is 31.4 Å². The van der Waals surface area contributed by atoms with E-state index in [2.05, 4.69) is 17.1 Å². The van der Waals surface area contributed by atoms with Crippen LogP contribution < -0.4 is 0 Å². The predicted molar refractivity (Wildman–Crippen MR) is 104 cm³/mol. The van der Waals surface area contributed by atoms with Crippen LogP contribution in [-0.4, -0.2) is 34.0 Å². The largest absolute Gasteiger partial charge is 0.416 e. The van der Waals surface area contributed by atoms with Gasteiger partial charge in [-0.1, -0.05) is 42.4 Å². The molecular formula is C22H20F3N3O2. The minimum Gasteiger partial charge on any atom is -0.341 e. The van der Waals surface area contributed by atoms with Gasteiger partial charge in [0.1, 0.15) is 0 Å². The van der Waals surface area contributed by atoms with Gasteiger partial charge in [0, 0.05) is 31.0 Å². The first-order chi connectivity index (χ1) is 14.3. The Morgan fingerprint density at radius 3 is 2.50 bits per heavy atom. The van der Waals surface area contributed by atoms with Crippen molar-refractivity contribution in [1.82, 2.24) is 15.0 Å². The molecule has 0 spiro atoms. The molecule has 1 aliphatic heterocycles. The standard InChI is InChI=1S/C22H20F3N3O2/c1-14(15-5-3-2-4-6-15)12-28-13-17(11-19(28)29)20-26-21(30-27-20)16-7-9-18(10-8-16)22(23,24)25/h2-10,14,17H,11-13H2,1H3. The van der Waals surface area contributed by atoms with Crippen molar-refractivity contribution in [3.63, 3.8) is 0 Å². The minimum atomic E-state index is -4.40.